The van der Waals surface area contributed by atoms with Crippen LogP contribution < -0.4 is 5.32 Å². The fourth-order valence-electron chi connectivity index (χ4n) is 3.27. The van der Waals surface area contributed by atoms with Gasteiger partial charge in [0.05, 0.1) is 4.90 Å². The molecule has 1 aliphatic rings. The van der Waals surface area contributed by atoms with Gasteiger partial charge < -0.3 is 10.1 Å². The zero-order valence-corrected chi connectivity index (χ0v) is 17.1. The van der Waals surface area contributed by atoms with Crippen molar-refractivity contribution in [2.45, 2.75) is 43.7 Å². The number of hydrogen-bond donors (Lipinski definition) is 1. The van der Waals surface area contributed by atoms with Crippen molar-refractivity contribution in [3.05, 3.63) is 42.7 Å². The quantitative estimate of drug-likeness (QED) is 0.847. The summed E-state index contributed by atoms with van der Waals surface area (Å²) in [6.45, 7) is 9.64. The Kier molecular flexibility index (Phi) is 5.45. The molecule has 0 radical (unpaired) electrons. The normalized spacial score (nSPS) is 18.2. The zero-order valence-electron chi connectivity index (χ0n) is 16.3. The molecule has 8 heteroatoms. The smallest absolute Gasteiger partial charge is 0.407 e. The van der Waals surface area contributed by atoms with Crippen molar-refractivity contribution >= 4 is 33.0 Å². The summed E-state index contributed by atoms with van der Waals surface area (Å²) in [6.07, 6.45) is 4.83. The minimum Gasteiger partial charge on any atom is -0.444 e. The molecule has 1 aromatic heterocycles. The van der Waals surface area contributed by atoms with E-state index in [1.165, 1.54) is 4.31 Å². The van der Waals surface area contributed by atoms with E-state index >= 15 is 0 Å². The van der Waals surface area contributed by atoms with Gasteiger partial charge in [0.2, 0.25) is 10.0 Å². The van der Waals surface area contributed by atoms with Crippen LogP contribution in [0.25, 0.3) is 16.8 Å². The Morgan fingerprint density at radius 3 is 2.79 bits per heavy atom. The highest BCUT2D eigenvalue weighted by atomic mass is 32.2. The third-order valence-electron chi connectivity index (χ3n) is 4.48. The van der Waals surface area contributed by atoms with Crippen molar-refractivity contribution in [1.82, 2.24) is 14.6 Å². The predicted molar refractivity (Wildman–Crippen MR) is 108 cm³/mol. The highest BCUT2D eigenvalue weighted by Gasteiger charge is 2.35. The molecule has 0 unspecified atom stereocenters. The number of benzene rings is 1. The number of fused-ring (bicyclic) bond motifs is 1. The molecule has 2 aromatic rings. The Morgan fingerprint density at radius 1 is 1.36 bits per heavy atom. The van der Waals surface area contributed by atoms with Gasteiger partial charge in [-0.3, -0.25) is 4.98 Å². The van der Waals surface area contributed by atoms with Crippen LogP contribution >= 0.6 is 0 Å². The molecule has 1 fully saturated rings. The minimum absolute atomic E-state index is 0.201. The van der Waals surface area contributed by atoms with Gasteiger partial charge in [0.1, 0.15) is 5.60 Å². The van der Waals surface area contributed by atoms with E-state index in [1.807, 2.05) is 6.07 Å². The summed E-state index contributed by atoms with van der Waals surface area (Å²) in [4.78, 5) is 16.3. The molecule has 0 bridgehead atoms. The summed E-state index contributed by atoms with van der Waals surface area (Å²) in [5, 5.41) is 4.10. The number of ether oxygens (including phenoxy) is 1. The number of amides is 1. The molecule has 150 valence electrons. The van der Waals surface area contributed by atoms with E-state index in [-0.39, 0.29) is 17.5 Å². The number of carbonyl (C=O) groups excluding carboxylic acids is 1. The van der Waals surface area contributed by atoms with Gasteiger partial charge in [0, 0.05) is 47.9 Å². The summed E-state index contributed by atoms with van der Waals surface area (Å²) in [5.74, 6) is 0. The average molecular weight is 404 g/mol. The van der Waals surface area contributed by atoms with Crippen LogP contribution in [0.4, 0.5) is 4.79 Å². The first kappa shape index (κ1) is 20.3. The van der Waals surface area contributed by atoms with Crippen molar-refractivity contribution in [3.63, 3.8) is 0 Å². The molecular weight excluding hydrogens is 378 g/mol. The Hall–Kier alpha value is -2.45. The summed E-state index contributed by atoms with van der Waals surface area (Å²) in [6, 6.07) is 4.83. The number of nitrogens with zero attached hydrogens (tertiary/aromatic N) is 2. The first-order valence-corrected chi connectivity index (χ1v) is 10.5. The maximum Gasteiger partial charge on any atom is 0.407 e. The van der Waals surface area contributed by atoms with Gasteiger partial charge in [-0.15, -0.1) is 0 Å². The van der Waals surface area contributed by atoms with E-state index in [4.69, 9.17) is 4.74 Å². The summed E-state index contributed by atoms with van der Waals surface area (Å²) >= 11 is 0. The van der Waals surface area contributed by atoms with Gasteiger partial charge in [-0.25, -0.2) is 13.2 Å². The molecule has 2 heterocycles. The maximum atomic E-state index is 13.3. The van der Waals surface area contributed by atoms with E-state index in [0.29, 0.717) is 23.9 Å². The van der Waals surface area contributed by atoms with Crippen LogP contribution in [-0.2, 0) is 14.8 Å². The number of rotatable bonds is 4. The van der Waals surface area contributed by atoms with Crippen LogP contribution in [-0.4, -0.2) is 48.5 Å². The van der Waals surface area contributed by atoms with E-state index < -0.39 is 21.7 Å². The molecule has 0 saturated carbocycles. The van der Waals surface area contributed by atoms with Gasteiger partial charge in [0.15, 0.2) is 0 Å². The number of carbonyl (C=O) groups is 1. The first-order chi connectivity index (χ1) is 13.1. The molecule has 1 aliphatic heterocycles. The fraction of sp³-hybridized carbons (Fsp3) is 0.400. The molecule has 1 atom stereocenters. The van der Waals surface area contributed by atoms with E-state index in [9.17, 15) is 13.2 Å². The molecule has 1 N–H and O–H groups in total. The maximum absolute atomic E-state index is 13.3. The lowest BCUT2D eigenvalue weighted by Crippen LogP contribution is -2.41. The Labute approximate surface area is 165 Å². The Bertz CT molecular complexity index is 1010. The topological polar surface area (TPSA) is 88.6 Å². The lowest BCUT2D eigenvalue weighted by molar-refractivity contribution is 0.0507. The third kappa shape index (κ3) is 4.18. The number of nitrogens with one attached hydrogen (secondary N) is 1. The van der Waals surface area contributed by atoms with Crippen molar-refractivity contribution < 1.29 is 17.9 Å². The first-order valence-electron chi connectivity index (χ1n) is 9.10. The molecule has 28 heavy (non-hydrogen) atoms. The standard InChI is InChI=1S/C20H25N3O4S/c1-5-14-11-21-12-15-7-6-8-17(18(14)15)28(25,26)23-10-9-16(13-23)22-19(24)27-20(2,3)4/h5-8,11-12,16H,1,9-10,13H2,2-4H3,(H,22,24)/t16-/m1/s1. The van der Waals surface area contributed by atoms with Gasteiger partial charge in [-0.05, 0) is 33.3 Å². The second kappa shape index (κ2) is 7.52. The fourth-order valence-corrected chi connectivity index (χ4v) is 5.02. The van der Waals surface area contributed by atoms with Crippen LogP contribution in [0.2, 0.25) is 0 Å². The summed E-state index contributed by atoms with van der Waals surface area (Å²) in [5.41, 5.74) is 0.0614. The van der Waals surface area contributed by atoms with Crippen molar-refractivity contribution in [3.8, 4) is 0 Å². The van der Waals surface area contributed by atoms with Crippen LogP contribution in [0.3, 0.4) is 0 Å². The lowest BCUT2D eigenvalue weighted by Gasteiger charge is -2.22. The van der Waals surface area contributed by atoms with Crippen LogP contribution in [0.1, 0.15) is 32.8 Å². The molecular formula is C20H25N3O4S. The molecule has 1 amide bonds. The van der Waals surface area contributed by atoms with Crippen LogP contribution in [0.5, 0.6) is 0 Å². The SMILES string of the molecule is C=Cc1cncc2cccc(S(=O)(=O)N3CC[C@@H](NC(=O)OC(C)(C)C)C3)c12. The summed E-state index contributed by atoms with van der Waals surface area (Å²) < 4.78 is 33.3. The largest absolute Gasteiger partial charge is 0.444 e. The van der Waals surface area contributed by atoms with Crippen LogP contribution in [0, 0.1) is 0 Å². The molecule has 7 nitrogen and oxygen atoms in total. The third-order valence-corrected chi connectivity index (χ3v) is 6.39. The van der Waals surface area contributed by atoms with E-state index in [1.54, 1.807) is 51.4 Å². The molecule has 3 rings (SSSR count). The van der Waals surface area contributed by atoms with Gasteiger partial charge in [0.25, 0.3) is 0 Å². The Morgan fingerprint density at radius 2 is 2.11 bits per heavy atom. The number of alkyl carbamates (subject to hydrolysis) is 1. The second-order valence-electron chi connectivity index (χ2n) is 7.78. The van der Waals surface area contributed by atoms with Gasteiger partial charge in [-0.1, -0.05) is 24.8 Å². The summed E-state index contributed by atoms with van der Waals surface area (Å²) in [7, 11) is -3.74. The lowest BCUT2D eigenvalue weighted by atomic mass is 10.1. The Balaban J connectivity index is 1.84. The molecule has 1 aromatic carbocycles. The number of sulfonamides is 1. The van der Waals surface area contributed by atoms with Gasteiger partial charge in [-0.2, -0.15) is 4.31 Å². The highest BCUT2D eigenvalue weighted by molar-refractivity contribution is 7.89. The number of aromatic nitrogens is 1. The van der Waals surface area contributed by atoms with E-state index in [2.05, 4.69) is 16.9 Å². The molecule has 0 spiro atoms. The second-order valence-corrected chi connectivity index (χ2v) is 9.69. The van der Waals surface area contributed by atoms with Gasteiger partial charge >= 0.3 is 6.09 Å². The molecule has 0 aliphatic carbocycles. The average Bonchev–Trinajstić information content (AvgIpc) is 3.08. The molecule has 1 saturated heterocycles. The van der Waals surface area contributed by atoms with Crippen molar-refractivity contribution in [1.29, 1.82) is 0 Å². The number of hydrogen-bond acceptors (Lipinski definition) is 5. The minimum atomic E-state index is -3.74. The highest BCUT2D eigenvalue weighted by Crippen LogP contribution is 2.30. The predicted octanol–water partition coefficient (Wildman–Crippen LogP) is 3.17. The number of pyridine rings is 1. The monoisotopic (exact) mass is 403 g/mol. The van der Waals surface area contributed by atoms with Crippen LogP contribution in [0.15, 0.2) is 42.1 Å². The zero-order chi connectivity index (χ0) is 20.5. The van der Waals surface area contributed by atoms with Crippen molar-refractivity contribution in [2.75, 3.05) is 13.1 Å². The van der Waals surface area contributed by atoms with Crippen molar-refractivity contribution in [2.24, 2.45) is 0 Å². The van der Waals surface area contributed by atoms with E-state index in [0.717, 1.165) is 5.39 Å².